The summed E-state index contributed by atoms with van der Waals surface area (Å²) in [7, 11) is -3.96. The van der Waals surface area contributed by atoms with Crippen molar-refractivity contribution < 1.29 is 44.7 Å². The number of carboxylic acids is 1. The number of sulfone groups is 1. The van der Waals surface area contributed by atoms with Gasteiger partial charge in [0.1, 0.15) is 0 Å². The largest absolute Gasteiger partial charge is 0.490 e. The molecular weight excluding hydrogens is 550 g/mol. The molecule has 4 rings (SSSR count). The van der Waals surface area contributed by atoms with Crippen LogP contribution in [0.4, 0.5) is 32.0 Å². The number of alkyl halides is 6. The van der Waals surface area contributed by atoms with Crippen molar-refractivity contribution >= 4 is 32.3 Å². The van der Waals surface area contributed by atoms with Gasteiger partial charge in [0, 0.05) is 41.9 Å². The SMILES string of the molecule is CC(C)(C1CCN(c2cccc3cnccc23)CC1)S(=O)(=O)c1cccc(C(F)(F)F)c1.O=C(O)C(F)(F)F. The molecule has 0 spiro atoms. The van der Waals surface area contributed by atoms with E-state index in [4.69, 9.17) is 9.90 Å². The second-order valence-corrected chi connectivity index (χ2v) is 12.1. The van der Waals surface area contributed by atoms with Crippen LogP contribution in [0, 0.1) is 5.92 Å². The van der Waals surface area contributed by atoms with Crippen molar-refractivity contribution in [2.75, 3.05) is 18.0 Å². The van der Waals surface area contributed by atoms with Crippen molar-refractivity contribution in [3.8, 4) is 0 Å². The summed E-state index contributed by atoms with van der Waals surface area (Å²) in [5.41, 5.74) is 0.136. The molecule has 1 aliphatic heterocycles. The molecule has 1 aliphatic rings. The summed E-state index contributed by atoms with van der Waals surface area (Å²) in [6.45, 7) is 4.61. The van der Waals surface area contributed by atoms with Crippen LogP contribution in [0.25, 0.3) is 10.8 Å². The second kappa shape index (κ2) is 11.0. The summed E-state index contributed by atoms with van der Waals surface area (Å²) in [6.07, 6.45) is -4.84. The highest BCUT2D eigenvalue weighted by atomic mass is 32.2. The number of hydrogen-bond acceptors (Lipinski definition) is 5. The normalized spacial score (nSPS) is 15.5. The molecule has 212 valence electrons. The Kier molecular flexibility index (Phi) is 8.54. The van der Waals surface area contributed by atoms with E-state index >= 15 is 0 Å². The molecule has 0 saturated carbocycles. The van der Waals surface area contributed by atoms with Gasteiger partial charge in [0.05, 0.1) is 15.2 Å². The van der Waals surface area contributed by atoms with E-state index in [0.29, 0.717) is 25.9 Å². The Hall–Kier alpha value is -3.35. The van der Waals surface area contributed by atoms with E-state index in [1.165, 1.54) is 6.07 Å². The molecule has 0 atom stereocenters. The average molecular weight is 577 g/mol. The molecule has 0 aliphatic carbocycles. The van der Waals surface area contributed by atoms with E-state index in [9.17, 15) is 34.8 Å². The first-order chi connectivity index (χ1) is 18.0. The number of nitrogens with zero attached hydrogens (tertiary/aromatic N) is 2. The van der Waals surface area contributed by atoms with Gasteiger partial charge in [0.2, 0.25) is 0 Å². The van der Waals surface area contributed by atoms with Crippen LogP contribution < -0.4 is 4.90 Å². The van der Waals surface area contributed by atoms with Gasteiger partial charge < -0.3 is 10.0 Å². The molecule has 2 aromatic carbocycles. The van der Waals surface area contributed by atoms with Crippen molar-refractivity contribution in [1.29, 1.82) is 0 Å². The third-order valence-corrected chi connectivity index (χ3v) is 9.48. The molecule has 0 amide bonds. The first-order valence-electron chi connectivity index (χ1n) is 11.8. The van der Waals surface area contributed by atoms with E-state index in [1.807, 2.05) is 30.5 Å². The number of piperidine rings is 1. The van der Waals surface area contributed by atoms with Crippen molar-refractivity contribution in [2.45, 2.75) is 48.7 Å². The zero-order valence-corrected chi connectivity index (χ0v) is 21.7. The van der Waals surface area contributed by atoms with Crippen LogP contribution >= 0.6 is 0 Å². The molecule has 13 heteroatoms. The lowest BCUT2D eigenvalue weighted by molar-refractivity contribution is -0.192. The molecule has 3 aromatic rings. The number of rotatable bonds is 4. The molecule has 6 nitrogen and oxygen atoms in total. The van der Waals surface area contributed by atoms with E-state index in [0.717, 1.165) is 34.7 Å². The number of carboxylic acid groups (broad SMARTS) is 1. The van der Waals surface area contributed by atoms with E-state index in [-0.39, 0.29) is 10.8 Å². The number of carbonyl (C=O) groups is 1. The van der Waals surface area contributed by atoms with Gasteiger partial charge in [-0.2, -0.15) is 26.3 Å². The molecule has 1 saturated heterocycles. The summed E-state index contributed by atoms with van der Waals surface area (Å²) < 4.78 is 96.6. The highest BCUT2D eigenvalue weighted by Gasteiger charge is 2.44. The van der Waals surface area contributed by atoms with Crippen LogP contribution in [0.3, 0.4) is 0 Å². The van der Waals surface area contributed by atoms with Crippen LogP contribution in [-0.2, 0) is 20.8 Å². The van der Waals surface area contributed by atoms with Crippen LogP contribution in [0.1, 0.15) is 32.3 Å². The molecule has 1 fully saturated rings. The fourth-order valence-corrected chi connectivity index (χ4v) is 6.38. The van der Waals surface area contributed by atoms with Crippen LogP contribution in [0.15, 0.2) is 65.8 Å². The third kappa shape index (κ3) is 6.63. The molecule has 0 unspecified atom stereocenters. The Morgan fingerprint density at radius 3 is 2.13 bits per heavy atom. The lowest BCUT2D eigenvalue weighted by Gasteiger charge is -2.41. The van der Waals surface area contributed by atoms with E-state index in [1.54, 1.807) is 20.0 Å². The number of benzene rings is 2. The minimum atomic E-state index is -5.08. The first kappa shape index (κ1) is 30.2. The number of aliphatic carboxylic acids is 1. The van der Waals surface area contributed by atoms with Crippen molar-refractivity contribution in [1.82, 2.24) is 4.98 Å². The van der Waals surface area contributed by atoms with Crippen LogP contribution in [-0.4, -0.2) is 48.5 Å². The Balaban J connectivity index is 0.000000532. The zero-order valence-electron chi connectivity index (χ0n) is 20.9. The topological polar surface area (TPSA) is 87.6 Å². The number of pyridine rings is 1. The van der Waals surface area contributed by atoms with E-state index < -0.39 is 38.5 Å². The summed E-state index contributed by atoms with van der Waals surface area (Å²) >= 11 is 0. The Morgan fingerprint density at radius 2 is 1.56 bits per heavy atom. The summed E-state index contributed by atoms with van der Waals surface area (Å²) in [5.74, 6) is -2.93. The molecule has 2 heterocycles. The van der Waals surface area contributed by atoms with Gasteiger partial charge in [-0.1, -0.05) is 18.2 Å². The van der Waals surface area contributed by atoms with Gasteiger partial charge in [0.15, 0.2) is 9.84 Å². The third-order valence-electron chi connectivity index (χ3n) is 6.88. The summed E-state index contributed by atoms with van der Waals surface area (Å²) in [6, 6.07) is 12.1. The quantitative estimate of drug-likeness (QED) is 0.364. The molecule has 39 heavy (non-hydrogen) atoms. The maximum atomic E-state index is 13.4. The lowest BCUT2D eigenvalue weighted by Crippen LogP contribution is -2.46. The predicted molar refractivity (Wildman–Crippen MR) is 133 cm³/mol. The van der Waals surface area contributed by atoms with Gasteiger partial charge in [-0.05, 0) is 62.9 Å². The number of anilines is 1. The van der Waals surface area contributed by atoms with Crippen LogP contribution in [0.5, 0.6) is 0 Å². The molecule has 0 bridgehead atoms. The monoisotopic (exact) mass is 576 g/mol. The minimum absolute atomic E-state index is 0.171. The number of halogens is 6. The number of fused-ring (bicyclic) bond motifs is 1. The van der Waals surface area contributed by atoms with Crippen LogP contribution in [0.2, 0.25) is 0 Å². The standard InChI is InChI=1S/C24H25F3N2O2S.C2HF3O2/c1-23(2,32(30,31)20-7-4-6-19(15-20)24(25,26)27)18-10-13-29(14-11-18)22-8-3-5-17-16-28-12-9-21(17)22;3-2(4,5)1(6)7/h3-9,12,15-16,18H,10-11,13-14H2,1-2H3;(H,6,7). The van der Waals surface area contributed by atoms with Crippen molar-refractivity contribution in [3.05, 3.63) is 66.5 Å². The zero-order chi connectivity index (χ0) is 29.2. The molecule has 1 aromatic heterocycles. The van der Waals surface area contributed by atoms with Gasteiger partial charge in [-0.15, -0.1) is 0 Å². The average Bonchev–Trinajstić information content (AvgIpc) is 2.87. The number of aromatic nitrogens is 1. The maximum Gasteiger partial charge on any atom is 0.490 e. The predicted octanol–water partition coefficient (Wildman–Crippen LogP) is 6.36. The highest BCUT2D eigenvalue weighted by molar-refractivity contribution is 7.92. The van der Waals surface area contributed by atoms with Gasteiger partial charge >= 0.3 is 18.3 Å². The van der Waals surface area contributed by atoms with Crippen molar-refractivity contribution in [3.63, 3.8) is 0 Å². The number of hydrogen-bond donors (Lipinski definition) is 1. The molecular formula is C26H26F6N2O4S. The Bertz CT molecular complexity index is 1420. The molecule has 1 N–H and O–H groups in total. The van der Waals surface area contributed by atoms with Gasteiger partial charge in [-0.3, -0.25) is 4.98 Å². The van der Waals surface area contributed by atoms with E-state index in [2.05, 4.69) is 9.88 Å². The summed E-state index contributed by atoms with van der Waals surface area (Å²) in [5, 5.41) is 9.26. The fourth-order valence-electron chi connectivity index (χ4n) is 4.56. The smallest absolute Gasteiger partial charge is 0.475 e. The Labute approximate surface area is 221 Å². The highest BCUT2D eigenvalue weighted by Crippen LogP contribution is 2.40. The maximum absolute atomic E-state index is 13.4. The van der Waals surface area contributed by atoms with Crippen molar-refractivity contribution in [2.24, 2.45) is 5.92 Å². The van der Waals surface area contributed by atoms with Gasteiger partial charge in [-0.25, -0.2) is 13.2 Å². The van der Waals surface area contributed by atoms with Gasteiger partial charge in [0.25, 0.3) is 0 Å². The first-order valence-corrected chi connectivity index (χ1v) is 13.2. The lowest BCUT2D eigenvalue weighted by atomic mass is 9.85. The Morgan fingerprint density at radius 1 is 0.974 bits per heavy atom. The minimum Gasteiger partial charge on any atom is -0.475 e. The molecule has 0 radical (unpaired) electrons. The fraction of sp³-hybridized carbons (Fsp3) is 0.385. The second-order valence-electron chi connectivity index (χ2n) is 9.57. The summed E-state index contributed by atoms with van der Waals surface area (Å²) in [4.78, 5) is 15.0.